The van der Waals surface area contributed by atoms with Crippen molar-refractivity contribution in [3.8, 4) is 6.07 Å². The van der Waals surface area contributed by atoms with Gasteiger partial charge in [0.15, 0.2) is 0 Å². The first-order valence-electron chi connectivity index (χ1n) is 11.1. The van der Waals surface area contributed by atoms with Gasteiger partial charge in [0, 0.05) is 42.6 Å². The van der Waals surface area contributed by atoms with Crippen LogP contribution in [-0.4, -0.2) is 47.9 Å². The lowest BCUT2D eigenvalue weighted by atomic mass is 10.0. The molecule has 0 radical (unpaired) electrons. The number of anilines is 3. The molecular formula is C25H28N6O2S. The van der Waals surface area contributed by atoms with E-state index in [9.17, 15) is 8.42 Å². The third kappa shape index (κ3) is 4.88. The maximum atomic E-state index is 13.4. The number of rotatable bonds is 5. The first-order chi connectivity index (χ1) is 16.1. The van der Waals surface area contributed by atoms with E-state index < -0.39 is 15.6 Å². The number of hydrogen-bond acceptors (Lipinski definition) is 7. The van der Waals surface area contributed by atoms with E-state index in [2.05, 4.69) is 21.4 Å². The summed E-state index contributed by atoms with van der Waals surface area (Å²) in [6, 6.07) is 18.1. The fourth-order valence-corrected chi connectivity index (χ4v) is 5.89. The largest absolute Gasteiger partial charge is 0.340 e. The van der Waals surface area contributed by atoms with Gasteiger partial charge in [0.05, 0.1) is 16.5 Å². The first-order valence-corrected chi connectivity index (χ1v) is 12.5. The summed E-state index contributed by atoms with van der Waals surface area (Å²) >= 11 is 0. The monoisotopic (exact) mass is 476 g/mol. The Labute approximate surface area is 200 Å². The Morgan fingerprint density at radius 3 is 2.29 bits per heavy atom. The average molecular weight is 477 g/mol. The van der Waals surface area contributed by atoms with E-state index in [4.69, 9.17) is 5.26 Å². The summed E-state index contributed by atoms with van der Waals surface area (Å²) in [5.74, 6) is 1.19. The average Bonchev–Trinajstić information content (AvgIpc) is 2.78. The fraction of sp³-hybridized carbons (Fsp3) is 0.320. The number of nitriles is 1. The third-order valence-corrected chi connectivity index (χ3v) is 7.97. The second kappa shape index (κ2) is 9.05. The molecule has 1 N–H and O–H groups in total. The lowest BCUT2D eigenvalue weighted by Gasteiger charge is -2.46. The highest BCUT2D eigenvalue weighted by Gasteiger charge is 2.42. The Kier molecular flexibility index (Phi) is 6.30. The number of hydrogen-bond donors (Lipinski definition) is 1. The lowest BCUT2D eigenvalue weighted by molar-refractivity contribution is 0.204. The van der Waals surface area contributed by atoms with Crippen molar-refractivity contribution in [2.45, 2.75) is 38.1 Å². The summed E-state index contributed by atoms with van der Waals surface area (Å²) in [5, 5.41) is 12.2. The lowest BCUT2D eigenvalue weighted by Crippen LogP contribution is -2.61. The van der Waals surface area contributed by atoms with Gasteiger partial charge in [0.2, 0.25) is 16.0 Å². The van der Waals surface area contributed by atoms with Crippen molar-refractivity contribution in [1.82, 2.24) is 14.3 Å². The number of piperazine rings is 1. The summed E-state index contributed by atoms with van der Waals surface area (Å²) < 4.78 is 28.3. The summed E-state index contributed by atoms with van der Waals surface area (Å²) in [4.78, 5) is 11.6. The highest BCUT2D eigenvalue weighted by molar-refractivity contribution is 7.89. The predicted molar refractivity (Wildman–Crippen MR) is 133 cm³/mol. The molecule has 1 fully saturated rings. The summed E-state index contributed by atoms with van der Waals surface area (Å²) in [6.45, 7) is 8.96. The van der Waals surface area contributed by atoms with Crippen molar-refractivity contribution < 1.29 is 8.42 Å². The molecule has 0 unspecified atom stereocenters. The molecule has 1 aliphatic rings. The fourth-order valence-electron chi connectivity index (χ4n) is 4.13. The SMILES string of the molecule is Cc1ccc(S(=O)(=O)N2CCN(c3nc(C)cc(Nc4ccc(C#N)cc4)n3)CC2(C)C)cc1. The van der Waals surface area contributed by atoms with Crippen molar-refractivity contribution in [3.05, 3.63) is 71.4 Å². The van der Waals surface area contributed by atoms with Gasteiger partial charge in [0.25, 0.3) is 0 Å². The molecule has 2 heterocycles. The Balaban J connectivity index is 1.55. The van der Waals surface area contributed by atoms with Crippen LogP contribution in [0.4, 0.5) is 17.5 Å². The summed E-state index contributed by atoms with van der Waals surface area (Å²) in [7, 11) is -3.62. The van der Waals surface area contributed by atoms with Crippen molar-refractivity contribution in [3.63, 3.8) is 0 Å². The smallest absolute Gasteiger partial charge is 0.243 e. The normalized spacial score (nSPS) is 16.1. The molecule has 3 aromatic rings. The number of aromatic nitrogens is 2. The van der Waals surface area contributed by atoms with Crippen LogP contribution in [0.15, 0.2) is 59.5 Å². The number of sulfonamides is 1. The quantitative estimate of drug-likeness (QED) is 0.594. The van der Waals surface area contributed by atoms with Gasteiger partial charge in [-0.05, 0) is 64.1 Å². The van der Waals surface area contributed by atoms with E-state index in [1.807, 2.05) is 62.9 Å². The van der Waals surface area contributed by atoms with Crippen LogP contribution in [0.3, 0.4) is 0 Å². The van der Waals surface area contributed by atoms with Gasteiger partial charge >= 0.3 is 0 Å². The minimum absolute atomic E-state index is 0.306. The predicted octanol–water partition coefficient (Wildman–Crippen LogP) is 4.00. The molecule has 9 heteroatoms. The van der Waals surface area contributed by atoms with E-state index in [0.29, 0.717) is 41.9 Å². The molecule has 0 aliphatic carbocycles. The number of nitrogens with zero attached hydrogens (tertiary/aromatic N) is 5. The van der Waals surface area contributed by atoms with E-state index in [1.54, 1.807) is 28.6 Å². The van der Waals surface area contributed by atoms with Gasteiger partial charge in [-0.1, -0.05) is 17.7 Å². The second-order valence-corrected chi connectivity index (χ2v) is 11.0. The minimum Gasteiger partial charge on any atom is -0.340 e. The highest BCUT2D eigenvalue weighted by Crippen LogP contribution is 2.30. The van der Waals surface area contributed by atoms with E-state index in [1.165, 1.54) is 0 Å². The van der Waals surface area contributed by atoms with E-state index >= 15 is 0 Å². The topological polar surface area (TPSA) is 102 Å². The maximum absolute atomic E-state index is 13.4. The molecule has 8 nitrogen and oxygen atoms in total. The van der Waals surface area contributed by atoms with Crippen molar-refractivity contribution in [2.75, 3.05) is 29.9 Å². The molecule has 34 heavy (non-hydrogen) atoms. The van der Waals surface area contributed by atoms with Crippen LogP contribution in [-0.2, 0) is 10.0 Å². The van der Waals surface area contributed by atoms with Crippen LogP contribution in [0.25, 0.3) is 0 Å². The molecule has 1 aliphatic heterocycles. The summed E-state index contributed by atoms with van der Waals surface area (Å²) in [6.07, 6.45) is 0. The Bertz CT molecular complexity index is 1330. The van der Waals surface area contributed by atoms with Gasteiger partial charge < -0.3 is 10.2 Å². The van der Waals surface area contributed by atoms with Crippen LogP contribution >= 0.6 is 0 Å². The van der Waals surface area contributed by atoms with Crippen LogP contribution in [0, 0.1) is 25.2 Å². The minimum atomic E-state index is -3.62. The van der Waals surface area contributed by atoms with Gasteiger partial charge in [0.1, 0.15) is 5.82 Å². The zero-order valence-corrected chi connectivity index (χ0v) is 20.6. The zero-order valence-electron chi connectivity index (χ0n) is 19.8. The highest BCUT2D eigenvalue weighted by atomic mass is 32.2. The van der Waals surface area contributed by atoms with Gasteiger partial charge in [-0.3, -0.25) is 0 Å². The van der Waals surface area contributed by atoms with Crippen molar-refractivity contribution in [2.24, 2.45) is 0 Å². The molecule has 0 bridgehead atoms. The van der Waals surface area contributed by atoms with Gasteiger partial charge in [-0.25, -0.2) is 13.4 Å². The molecule has 4 rings (SSSR count). The van der Waals surface area contributed by atoms with E-state index in [0.717, 1.165) is 16.9 Å². The first kappa shape index (κ1) is 23.7. The second-order valence-electron chi connectivity index (χ2n) is 9.13. The van der Waals surface area contributed by atoms with Crippen LogP contribution in [0.5, 0.6) is 0 Å². The third-order valence-electron chi connectivity index (χ3n) is 5.85. The molecular weight excluding hydrogens is 448 g/mol. The molecule has 1 aromatic heterocycles. The molecule has 2 aromatic carbocycles. The number of benzene rings is 2. The van der Waals surface area contributed by atoms with Crippen LogP contribution < -0.4 is 10.2 Å². The molecule has 0 spiro atoms. The Morgan fingerprint density at radius 1 is 1.00 bits per heavy atom. The van der Waals surface area contributed by atoms with Crippen molar-refractivity contribution in [1.29, 1.82) is 5.26 Å². The molecule has 0 atom stereocenters. The number of nitrogens with one attached hydrogen (secondary N) is 1. The molecule has 0 saturated carbocycles. The summed E-state index contributed by atoms with van der Waals surface area (Å²) in [5.41, 5.74) is 2.57. The Hall–Kier alpha value is -3.48. The molecule has 0 amide bonds. The van der Waals surface area contributed by atoms with Crippen LogP contribution in [0.1, 0.15) is 30.7 Å². The molecule has 1 saturated heterocycles. The van der Waals surface area contributed by atoms with Gasteiger partial charge in [-0.15, -0.1) is 0 Å². The van der Waals surface area contributed by atoms with Crippen LogP contribution in [0.2, 0.25) is 0 Å². The van der Waals surface area contributed by atoms with Gasteiger partial charge in [-0.2, -0.15) is 14.6 Å². The standard InChI is InChI=1S/C25H28N6O2S/c1-18-5-11-22(12-6-18)34(32,33)31-14-13-30(17-25(31,3)4)24-27-19(2)15-23(29-24)28-21-9-7-20(16-26)8-10-21/h5-12,15H,13-14,17H2,1-4H3,(H,27,28,29). The zero-order chi connectivity index (χ0) is 24.5. The van der Waals surface area contributed by atoms with Crippen molar-refractivity contribution >= 4 is 27.5 Å². The number of aryl methyl sites for hydroxylation is 2. The molecule has 176 valence electrons. The maximum Gasteiger partial charge on any atom is 0.243 e. The Morgan fingerprint density at radius 2 is 1.68 bits per heavy atom. The van der Waals surface area contributed by atoms with E-state index in [-0.39, 0.29) is 0 Å².